The summed E-state index contributed by atoms with van der Waals surface area (Å²) in [5.74, 6) is 1.88. The second-order valence-electron chi connectivity index (χ2n) is 4.80. The highest BCUT2D eigenvalue weighted by atomic mass is 127. The number of alkyl halides is 1. The molecule has 5 heteroatoms. The number of aromatic nitrogens is 2. The van der Waals surface area contributed by atoms with E-state index in [-0.39, 0.29) is 5.82 Å². The first-order chi connectivity index (χ1) is 8.69. The Hall–Kier alpha value is -0.360. The van der Waals surface area contributed by atoms with Gasteiger partial charge in [0.05, 0.1) is 20.5 Å². The maximum atomic E-state index is 13.7. The van der Waals surface area contributed by atoms with Crippen molar-refractivity contribution in [2.45, 2.75) is 31.7 Å². The molecule has 3 rings (SSSR count). The predicted molar refractivity (Wildman–Crippen MR) is 79.3 cm³/mol. The van der Waals surface area contributed by atoms with Crippen LogP contribution in [0.5, 0.6) is 0 Å². The quantitative estimate of drug-likeness (QED) is 0.572. The Morgan fingerprint density at radius 2 is 2.22 bits per heavy atom. The Balaban J connectivity index is 2.04. The summed E-state index contributed by atoms with van der Waals surface area (Å²) in [7, 11) is 0. The lowest BCUT2D eigenvalue weighted by Gasteiger charge is -2.07. The Kier molecular flexibility index (Phi) is 3.49. The van der Waals surface area contributed by atoms with Gasteiger partial charge in [-0.2, -0.15) is 0 Å². The van der Waals surface area contributed by atoms with E-state index in [1.807, 2.05) is 22.6 Å². The van der Waals surface area contributed by atoms with E-state index in [0.717, 1.165) is 35.7 Å². The van der Waals surface area contributed by atoms with Crippen LogP contribution in [-0.4, -0.2) is 9.55 Å². The fourth-order valence-corrected chi connectivity index (χ4v) is 2.89. The molecule has 1 heterocycles. The second kappa shape index (κ2) is 4.96. The monoisotopic (exact) mass is 378 g/mol. The zero-order valence-corrected chi connectivity index (χ0v) is 12.7. The summed E-state index contributed by atoms with van der Waals surface area (Å²) in [6.07, 6.45) is 3.80. The molecule has 96 valence electrons. The highest BCUT2D eigenvalue weighted by Crippen LogP contribution is 2.33. The molecule has 2 nitrogen and oxygen atoms in total. The highest BCUT2D eigenvalue weighted by Gasteiger charge is 2.22. The van der Waals surface area contributed by atoms with Crippen LogP contribution in [0.1, 0.15) is 25.1 Å². The minimum atomic E-state index is -0.184. The number of halogens is 3. The maximum Gasteiger partial charge on any atom is 0.138 e. The van der Waals surface area contributed by atoms with E-state index in [1.165, 1.54) is 12.8 Å². The van der Waals surface area contributed by atoms with Gasteiger partial charge in [0, 0.05) is 12.6 Å². The van der Waals surface area contributed by atoms with Crippen molar-refractivity contribution in [2.75, 3.05) is 0 Å². The van der Waals surface area contributed by atoms with E-state index in [2.05, 4.69) is 9.55 Å². The SMILES string of the molecule is Fc1cc2c(cc1I)nc(CCl)n2CCC1CC1. The number of benzene rings is 1. The first-order valence-corrected chi connectivity index (χ1v) is 7.70. The van der Waals surface area contributed by atoms with Gasteiger partial charge in [-0.1, -0.05) is 12.8 Å². The molecular weight excluding hydrogens is 366 g/mol. The largest absolute Gasteiger partial charge is 0.327 e. The van der Waals surface area contributed by atoms with Crippen molar-refractivity contribution >= 4 is 45.2 Å². The average molecular weight is 379 g/mol. The van der Waals surface area contributed by atoms with E-state index in [1.54, 1.807) is 12.1 Å². The van der Waals surface area contributed by atoms with Crippen molar-refractivity contribution in [3.63, 3.8) is 0 Å². The number of hydrogen-bond acceptors (Lipinski definition) is 1. The Labute approximate surface area is 124 Å². The van der Waals surface area contributed by atoms with Crippen LogP contribution in [0.15, 0.2) is 12.1 Å². The molecule has 0 N–H and O–H groups in total. The molecule has 0 radical (unpaired) electrons. The van der Waals surface area contributed by atoms with E-state index in [9.17, 15) is 4.39 Å². The second-order valence-corrected chi connectivity index (χ2v) is 6.23. The molecule has 2 aromatic rings. The molecule has 0 bridgehead atoms. The van der Waals surface area contributed by atoms with Crippen molar-refractivity contribution in [3.8, 4) is 0 Å². The van der Waals surface area contributed by atoms with Gasteiger partial charge < -0.3 is 4.57 Å². The number of fused-ring (bicyclic) bond motifs is 1. The van der Waals surface area contributed by atoms with E-state index in [4.69, 9.17) is 11.6 Å². The molecular formula is C13H13ClFIN2. The molecule has 1 aromatic heterocycles. The first-order valence-electron chi connectivity index (χ1n) is 6.09. The van der Waals surface area contributed by atoms with Crippen LogP contribution < -0.4 is 0 Å². The Bertz CT molecular complexity index is 592. The predicted octanol–water partition coefficient (Wildman–Crippen LogP) is 4.32. The molecule has 18 heavy (non-hydrogen) atoms. The van der Waals surface area contributed by atoms with Crippen LogP contribution in [0.25, 0.3) is 11.0 Å². The van der Waals surface area contributed by atoms with Crippen LogP contribution in [-0.2, 0) is 12.4 Å². The molecule has 1 saturated carbocycles. The molecule has 0 unspecified atom stereocenters. The highest BCUT2D eigenvalue weighted by molar-refractivity contribution is 14.1. The third-order valence-electron chi connectivity index (χ3n) is 3.45. The minimum Gasteiger partial charge on any atom is -0.327 e. The zero-order valence-electron chi connectivity index (χ0n) is 9.80. The topological polar surface area (TPSA) is 17.8 Å². The van der Waals surface area contributed by atoms with Gasteiger partial charge in [-0.15, -0.1) is 11.6 Å². The lowest BCUT2D eigenvalue weighted by atomic mass is 10.2. The van der Waals surface area contributed by atoms with Crippen LogP contribution in [0, 0.1) is 15.3 Å². The third kappa shape index (κ3) is 2.37. The number of hydrogen-bond donors (Lipinski definition) is 0. The van der Waals surface area contributed by atoms with Gasteiger partial charge in [-0.05, 0) is 41.0 Å². The Morgan fingerprint density at radius 1 is 1.44 bits per heavy atom. The number of aryl methyl sites for hydroxylation is 1. The standard InChI is InChI=1S/C13H13ClFIN2/c14-7-13-17-11-6-10(16)9(15)5-12(11)18(13)4-3-8-1-2-8/h5-6,8H,1-4,7H2. The lowest BCUT2D eigenvalue weighted by molar-refractivity contribution is 0.590. The molecule has 0 saturated heterocycles. The lowest BCUT2D eigenvalue weighted by Crippen LogP contribution is -2.03. The summed E-state index contributed by atoms with van der Waals surface area (Å²) in [5.41, 5.74) is 1.71. The summed E-state index contributed by atoms with van der Waals surface area (Å²) in [6, 6.07) is 3.36. The number of imidazole rings is 1. The molecule has 1 aliphatic carbocycles. The summed E-state index contributed by atoms with van der Waals surface area (Å²) >= 11 is 7.93. The third-order valence-corrected chi connectivity index (χ3v) is 4.51. The number of nitrogens with zero attached hydrogens (tertiary/aromatic N) is 2. The van der Waals surface area contributed by atoms with Crippen molar-refractivity contribution < 1.29 is 4.39 Å². The van der Waals surface area contributed by atoms with E-state index in [0.29, 0.717) is 9.45 Å². The average Bonchev–Trinajstić information content (AvgIpc) is 3.11. The van der Waals surface area contributed by atoms with E-state index < -0.39 is 0 Å². The van der Waals surface area contributed by atoms with Crippen molar-refractivity contribution in [3.05, 3.63) is 27.3 Å². The van der Waals surface area contributed by atoms with Crippen molar-refractivity contribution in [1.29, 1.82) is 0 Å². The molecule has 0 amide bonds. The van der Waals surface area contributed by atoms with E-state index >= 15 is 0 Å². The summed E-state index contributed by atoms with van der Waals surface area (Å²) < 4.78 is 16.3. The van der Waals surface area contributed by atoms with Crippen LogP contribution >= 0.6 is 34.2 Å². The maximum absolute atomic E-state index is 13.7. The molecule has 0 atom stereocenters. The first kappa shape index (κ1) is 12.7. The van der Waals surface area contributed by atoms with Gasteiger partial charge >= 0.3 is 0 Å². The molecule has 1 aromatic carbocycles. The van der Waals surface area contributed by atoms with Gasteiger partial charge in [-0.3, -0.25) is 0 Å². The van der Waals surface area contributed by atoms with Gasteiger partial charge in [0.1, 0.15) is 11.6 Å². The molecule has 1 aliphatic rings. The molecule has 0 spiro atoms. The van der Waals surface area contributed by atoms with Crippen molar-refractivity contribution in [1.82, 2.24) is 9.55 Å². The van der Waals surface area contributed by atoms with Gasteiger partial charge in [-0.25, -0.2) is 9.37 Å². The Morgan fingerprint density at radius 3 is 2.89 bits per heavy atom. The van der Waals surface area contributed by atoms with Gasteiger partial charge in [0.2, 0.25) is 0 Å². The van der Waals surface area contributed by atoms with Gasteiger partial charge in [0.25, 0.3) is 0 Å². The summed E-state index contributed by atoms with van der Waals surface area (Å²) in [4.78, 5) is 4.49. The van der Waals surface area contributed by atoms with Crippen LogP contribution in [0.2, 0.25) is 0 Å². The summed E-state index contributed by atoms with van der Waals surface area (Å²) in [6.45, 7) is 0.892. The molecule has 0 aliphatic heterocycles. The fourth-order valence-electron chi connectivity index (χ4n) is 2.24. The smallest absolute Gasteiger partial charge is 0.138 e. The van der Waals surface area contributed by atoms with Crippen molar-refractivity contribution in [2.24, 2.45) is 5.92 Å². The zero-order chi connectivity index (χ0) is 12.7. The number of rotatable bonds is 4. The fraction of sp³-hybridized carbons (Fsp3) is 0.462. The normalized spacial score (nSPS) is 15.5. The van der Waals surface area contributed by atoms with Crippen LogP contribution in [0.4, 0.5) is 4.39 Å². The molecule has 1 fully saturated rings. The summed E-state index contributed by atoms with van der Waals surface area (Å²) in [5, 5.41) is 0. The van der Waals surface area contributed by atoms with Gasteiger partial charge in [0.15, 0.2) is 0 Å². The van der Waals surface area contributed by atoms with Crippen LogP contribution in [0.3, 0.4) is 0 Å². The minimum absolute atomic E-state index is 0.184.